The van der Waals surface area contributed by atoms with Gasteiger partial charge in [0.25, 0.3) is 0 Å². The highest BCUT2D eigenvalue weighted by atomic mass is 35.5. The zero-order chi connectivity index (χ0) is 13.8. The first kappa shape index (κ1) is 20.9. The number of piperidine rings is 1. The van der Waals surface area contributed by atoms with E-state index in [9.17, 15) is 4.79 Å². The maximum absolute atomic E-state index is 12.5. The first-order valence-electron chi connectivity index (χ1n) is 7.36. The third-order valence-corrected chi connectivity index (χ3v) is 4.13. The van der Waals surface area contributed by atoms with Crippen LogP contribution in [0.25, 0.3) is 0 Å². The molecule has 0 aromatic rings. The Balaban J connectivity index is 0.00000200. The standard InChI is InChI=1S/C14H27N3O2.2ClH/c1-11-13(15-6-9-19-11)14(18)17-7-4-12(5-8-17)10-16(2)3;;/h11-13,15H,4-10H2,1-3H3;2*1H/t11-,13+;;/m1../s1. The second-order valence-electron chi connectivity index (χ2n) is 6.04. The van der Waals surface area contributed by atoms with Crippen LogP contribution in [-0.2, 0) is 9.53 Å². The zero-order valence-electron chi connectivity index (χ0n) is 13.2. The number of rotatable bonds is 3. The molecule has 0 aromatic carbocycles. The molecule has 7 heteroatoms. The van der Waals surface area contributed by atoms with Crippen LogP contribution in [0, 0.1) is 5.92 Å². The van der Waals surface area contributed by atoms with Gasteiger partial charge in [-0.05, 0) is 39.8 Å². The van der Waals surface area contributed by atoms with E-state index in [0.717, 1.165) is 44.9 Å². The third-order valence-electron chi connectivity index (χ3n) is 4.13. The number of hydrogen-bond acceptors (Lipinski definition) is 4. The summed E-state index contributed by atoms with van der Waals surface area (Å²) in [5.41, 5.74) is 0. The molecule has 2 atom stereocenters. The van der Waals surface area contributed by atoms with Crippen molar-refractivity contribution < 1.29 is 9.53 Å². The van der Waals surface area contributed by atoms with Gasteiger partial charge in [-0.2, -0.15) is 0 Å². The largest absolute Gasteiger partial charge is 0.375 e. The summed E-state index contributed by atoms with van der Waals surface area (Å²) in [5.74, 6) is 0.947. The Morgan fingerprint density at radius 2 is 1.90 bits per heavy atom. The molecule has 126 valence electrons. The van der Waals surface area contributed by atoms with Gasteiger partial charge in [-0.25, -0.2) is 0 Å². The molecule has 0 aliphatic carbocycles. The Hall–Kier alpha value is -0.0700. The lowest BCUT2D eigenvalue weighted by Crippen LogP contribution is -2.57. The van der Waals surface area contributed by atoms with Crippen LogP contribution in [0.2, 0.25) is 0 Å². The van der Waals surface area contributed by atoms with Gasteiger partial charge < -0.3 is 19.9 Å². The molecule has 0 unspecified atom stereocenters. The molecule has 0 spiro atoms. The van der Waals surface area contributed by atoms with Crippen LogP contribution >= 0.6 is 24.8 Å². The molecule has 0 radical (unpaired) electrons. The van der Waals surface area contributed by atoms with Crippen molar-refractivity contribution in [1.29, 1.82) is 0 Å². The number of nitrogens with zero attached hydrogens (tertiary/aromatic N) is 2. The Labute approximate surface area is 140 Å². The molecule has 2 fully saturated rings. The topological polar surface area (TPSA) is 44.8 Å². The summed E-state index contributed by atoms with van der Waals surface area (Å²) in [5, 5.41) is 3.28. The van der Waals surface area contributed by atoms with E-state index in [1.165, 1.54) is 0 Å². The molecule has 0 aromatic heterocycles. The van der Waals surface area contributed by atoms with E-state index in [1.54, 1.807) is 0 Å². The van der Waals surface area contributed by atoms with Crippen molar-refractivity contribution in [1.82, 2.24) is 15.1 Å². The van der Waals surface area contributed by atoms with Gasteiger partial charge in [0.2, 0.25) is 5.91 Å². The van der Waals surface area contributed by atoms with E-state index in [0.29, 0.717) is 6.61 Å². The van der Waals surface area contributed by atoms with Crippen LogP contribution < -0.4 is 5.32 Å². The van der Waals surface area contributed by atoms with Gasteiger partial charge >= 0.3 is 0 Å². The van der Waals surface area contributed by atoms with E-state index in [1.807, 2.05) is 11.8 Å². The highest BCUT2D eigenvalue weighted by molar-refractivity contribution is 5.85. The van der Waals surface area contributed by atoms with Crippen molar-refractivity contribution in [3.8, 4) is 0 Å². The third kappa shape index (κ3) is 5.91. The lowest BCUT2D eigenvalue weighted by molar-refractivity contribution is -0.140. The second kappa shape index (κ2) is 9.85. The summed E-state index contributed by atoms with van der Waals surface area (Å²) in [6, 6.07) is -0.154. The molecule has 1 N–H and O–H groups in total. The molecule has 0 bridgehead atoms. The maximum atomic E-state index is 12.5. The van der Waals surface area contributed by atoms with Crippen molar-refractivity contribution in [2.45, 2.75) is 31.9 Å². The minimum atomic E-state index is -0.154. The van der Waals surface area contributed by atoms with Gasteiger partial charge in [0.1, 0.15) is 6.04 Å². The van der Waals surface area contributed by atoms with E-state index in [4.69, 9.17) is 4.74 Å². The van der Waals surface area contributed by atoms with Gasteiger partial charge in [0.15, 0.2) is 0 Å². The second-order valence-corrected chi connectivity index (χ2v) is 6.04. The van der Waals surface area contributed by atoms with Gasteiger partial charge in [-0.15, -0.1) is 24.8 Å². The average molecular weight is 342 g/mol. The van der Waals surface area contributed by atoms with E-state index in [2.05, 4.69) is 24.3 Å². The number of carbonyl (C=O) groups is 1. The minimum Gasteiger partial charge on any atom is -0.375 e. The van der Waals surface area contributed by atoms with Crippen LogP contribution in [0.4, 0.5) is 0 Å². The highest BCUT2D eigenvalue weighted by Crippen LogP contribution is 2.19. The smallest absolute Gasteiger partial charge is 0.242 e. The van der Waals surface area contributed by atoms with Gasteiger partial charge in [-0.3, -0.25) is 4.79 Å². The predicted octanol–water partition coefficient (Wildman–Crippen LogP) is 1.01. The van der Waals surface area contributed by atoms with E-state index >= 15 is 0 Å². The molecule has 2 aliphatic heterocycles. The molecule has 1 amide bonds. The molecule has 2 rings (SSSR count). The number of hydrogen-bond donors (Lipinski definition) is 1. The van der Waals surface area contributed by atoms with Crippen LogP contribution in [0.15, 0.2) is 0 Å². The van der Waals surface area contributed by atoms with Crippen molar-refractivity contribution in [3.05, 3.63) is 0 Å². The minimum absolute atomic E-state index is 0. The van der Waals surface area contributed by atoms with Crippen LogP contribution in [0.5, 0.6) is 0 Å². The molecule has 5 nitrogen and oxygen atoms in total. The monoisotopic (exact) mass is 341 g/mol. The SMILES string of the molecule is C[C@H]1OCCN[C@@H]1C(=O)N1CCC(CN(C)C)CC1.Cl.Cl. The Morgan fingerprint density at radius 1 is 1.29 bits per heavy atom. The van der Waals surface area contributed by atoms with Crippen molar-refractivity contribution in [2.75, 3.05) is 46.9 Å². The molecule has 2 aliphatic rings. The van der Waals surface area contributed by atoms with Crippen LogP contribution in [-0.4, -0.2) is 74.7 Å². The van der Waals surface area contributed by atoms with Crippen LogP contribution in [0.3, 0.4) is 0 Å². The maximum Gasteiger partial charge on any atom is 0.242 e. The van der Waals surface area contributed by atoms with Gasteiger partial charge in [0, 0.05) is 26.2 Å². The number of nitrogens with one attached hydrogen (secondary N) is 1. The Kier molecular flexibility index (Phi) is 9.81. The van der Waals surface area contributed by atoms with Crippen molar-refractivity contribution in [2.24, 2.45) is 5.92 Å². The predicted molar refractivity (Wildman–Crippen MR) is 89.6 cm³/mol. The molecule has 2 heterocycles. The molecular weight excluding hydrogens is 313 g/mol. The fourth-order valence-corrected chi connectivity index (χ4v) is 3.06. The summed E-state index contributed by atoms with van der Waals surface area (Å²) in [4.78, 5) is 16.7. The molecule has 0 saturated carbocycles. The number of carbonyl (C=O) groups excluding carboxylic acids is 1. The van der Waals surface area contributed by atoms with E-state index < -0.39 is 0 Å². The quantitative estimate of drug-likeness (QED) is 0.831. The average Bonchev–Trinajstić information content (AvgIpc) is 2.39. The number of morpholine rings is 1. The first-order chi connectivity index (χ1) is 9.08. The van der Waals surface area contributed by atoms with Gasteiger partial charge in [-0.1, -0.05) is 0 Å². The normalized spacial score (nSPS) is 27.0. The van der Waals surface area contributed by atoms with Crippen LogP contribution in [0.1, 0.15) is 19.8 Å². The lowest BCUT2D eigenvalue weighted by Gasteiger charge is -2.38. The molecule has 2 saturated heterocycles. The van der Waals surface area contributed by atoms with Crippen molar-refractivity contribution in [3.63, 3.8) is 0 Å². The summed E-state index contributed by atoms with van der Waals surface area (Å²) >= 11 is 0. The first-order valence-corrected chi connectivity index (χ1v) is 7.36. The van der Waals surface area contributed by atoms with Crippen molar-refractivity contribution >= 4 is 30.7 Å². The fraction of sp³-hybridized carbons (Fsp3) is 0.929. The number of amides is 1. The van der Waals surface area contributed by atoms with E-state index in [-0.39, 0.29) is 42.9 Å². The molecule has 21 heavy (non-hydrogen) atoms. The number of ether oxygens (including phenoxy) is 1. The Bertz CT molecular complexity index is 311. The lowest BCUT2D eigenvalue weighted by atomic mass is 9.95. The summed E-state index contributed by atoms with van der Waals surface area (Å²) in [7, 11) is 4.23. The Morgan fingerprint density at radius 3 is 2.43 bits per heavy atom. The molecular formula is C14H29Cl2N3O2. The van der Waals surface area contributed by atoms with Gasteiger partial charge in [0.05, 0.1) is 12.7 Å². The summed E-state index contributed by atoms with van der Waals surface area (Å²) in [6.07, 6.45) is 2.22. The number of halogens is 2. The summed E-state index contributed by atoms with van der Waals surface area (Å²) < 4.78 is 5.56. The zero-order valence-corrected chi connectivity index (χ0v) is 14.8. The highest BCUT2D eigenvalue weighted by Gasteiger charge is 2.33. The fourth-order valence-electron chi connectivity index (χ4n) is 3.06. The summed E-state index contributed by atoms with van der Waals surface area (Å²) in [6.45, 7) is 6.37. The number of likely N-dealkylation sites (tertiary alicyclic amines) is 1.